The quantitative estimate of drug-likeness (QED) is 0.782. The van der Waals surface area contributed by atoms with Gasteiger partial charge >= 0.3 is 0 Å². The zero-order valence-electron chi connectivity index (χ0n) is 11.0. The van der Waals surface area contributed by atoms with Crippen LogP contribution >= 0.6 is 0 Å². The van der Waals surface area contributed by atoms with Crippen molar-refractivity contribution in [2.45, 2.75) is 33.1 Å². The van der Waals surface area contributed by atoms with Crippen molar-refractivity contribution in [2.24, 2.45) is 24.6 Å². The van der Waals surface area contributed by atoms with Crippen LogP contribution in [0.5, 0.6) is 0 Å². The Morgan fingerprint density at radius 1 is 1.53 bits per heavy atom. The fourth-order valence-electron chi connectivity index (χ4n) is 2.00. The molecule has 1 heterocycles. The topological polar surface area (TPSA) is 60.9 Å². The maximum atomic E-state index is 12.0. The molecule has 0 spiro atoms. The first-order valence-corrected chi connectivity index (χ1v) is 6.23. The van der Waals surface area contributed by atoms with E-state index in [-0.39, 0.29) is 11.7 Å². The summed E-state index contributed by atoms with van der Waals surface area (Å²) in [6, 6.07) is 0. The summed E-state index contributed by atoms with van der Waals surface area (Å²) >= 11 is 0. The van der Waals surface area contributed by atoms with Crippen molar-refractivity contribution in [1.29, 1.82) is 0 Å². The van der Waals surface area contributed by atoms with Gasteiger partial charge in [-0.2, -0.15) is 0 Å². The molecule has 1 aromatic rings. The van der Waals surface area contributed by atoms with Gasteiger partial charge in [0.25, 0.3) is 0 Å². The van der Waals surface area contributed by atoms with E-state index in [1.54, 1.807) is 6.20 Å². The molecule has 0 fully saturated rings. The van der Waals surface area contributed by atoms with Crippen molar-refractivity contribution in [3.8, 4) is 0 Å². The average Bonchev–Trinajstić information content (AvgIpc) is 2.68. The Kier molecular flexibility index (Phi) is 5.35. The molecule has 0 aliphatic rings. The molecule has 96 valence electrons. The zero-order valence-corrected chi connectivity index (χ0v) is 11.0. The minimum absolute atomic E-state index is 0.00951. The highest BCUT2D eigenvalue weighted by atomic mass is 16.1. The van der Waals surface area contributed by atoms with Crippen LogP contribution in [0.1, 0.15) is 32.5 Å². The molecule has 0 aliphatic carbocycles. The molecule has 0 aliphatic heterocycles. The van der Waals surface area contributed by atoms with Crippen LogP contribution in [0.3, 0.4) is 0 Å². The number of aryl methyl sites for hydroxylation is 2. The number of Topliss-reactive ketones (excluding diaryl/α,β-unsaturated/α-hetero) is 1. The summed E-state index contributed by atoms with van der Waals surface area (Å²) < 4.78 is 1.95. The predicted octanol–water partition coefficient (Wildman–Crippen LogP) is 1.54. The minimum Gasteiger partial charge on any atom is -0.338 e. The zero-order chi connectivity index (χ0) is 12.8. The molecule has 1 atom stereocenters. The van der Waals surface area contributed by atoms with E-state index in [4.69, 9.17) is 5.73 Å². The summed E-state index contributed by atoms with van der Waals surface area (Å²) in [5, 5.41) is 0. The smallest absolute Gasteiger partial charge is 0.137 e. The maximum absolute atomic E-state index is 12.0. The first-order valence-electron chi connectivity index (χ1n) is 6.23. The number of hydrogen-bond acceptors (Lipinski definition) is 3. The minimum atomic E-state index is 0.00951. The van der Waals surface area contributed by atoms with Gasteiger partial charge in [-0.25, -0.2) is 4.98 Å². The fraction of sp³-hybridized carbons (Fsp3) is 0.692. The highest BCUT2D eigenvalue weighted by molar-refractivity contribution is 5.81. The fourth-order valence-corrected chi connectivity index (χ4v) is 2.00. The van der Waals surface area contributed by atoms with E-state index in [9.17, 15) is 4.79 Å². The Bertz CT molecular complexity index is 357. The van der Waals surface area contributed by atoms with E-state index in [1.165, 1.54) is 0 Å². The van der Waals surface area contributed by atoms with Crippen molar-refractivity contribution in [2.75, 3.05) is 6.54 Å². The van der Waals surface area contributed by atoms with Gasteiger partial charge in [-0.05, 0) is 12.3 Å². The first kappa shape index (κ1) is 13.9. The molecule has 0 aromatic carbocycles. The molecule has 4 heteroatoms. The lowest BCUT2D eigenvalue weighted by Gasteiger charge is -2.15. The molecule has 0 radical (unpaired) electrons. The number of rotatable bonds is 7. The molecule has 1 rings (SSSR count). The molecule has 0 saturated carbocycles. The summed E-state index contributed by atoms with van der Waals surface area (Å²) in [7, 11) is 1.95. The highest BCUT2D eigenvalue weighted by Crippen LogP contribution is 2.14. The number of aromatic nitrogens is 2. The van der Waals surface area contributed by atoms with E-state index in [0.717, 1.165) is 12.2 Å². The van der Waals surface area contributed by atoms with Crippen molar-refractivity contribution in [3.05, 3.63) is 18.2 Å². The lowest BCUT2D eigenvalue weighted by Crippen LogP contribution is -2.25. The summed E-state index contributed by atoms with van der Waals surface area (Å²) in [4.78, 5) is 16.2. The van der Waals surface area contributed by atoms with Crippen molar-refractivity contribution < 1.29 is 4.79 Å². The van der Waals surface area contributed by atoms with Crippen molar-refractivity contribution >= 4 is 5.78 Å². The molecular weight excluding hydrogens is 214 g/mol. The number of nitrogens with zero attached hydrogens (tertiary/aromatic N) is 2. The van der Waals surface area contributed by atoms with Gasteiger partial charge in [0.15, 0.2) is 0 Å². The molecule has 4 nitrogen and oxygen atoms in total. The largest absolute Gasteiger partial charge is 0.338 e. The maximum Gasteiger partial charge on any atom is 0.137 e. The van der Waals surface area contributed by atoms with Gasteiger partial charge in [0.05, 0.1) is 0 Å². The Morgan fingerprint density at radius 2 is 2.24 bits per heavy atom. The summed E-state index contributed by atoms with van der Waals surface area (Å²) in [6.45, 7) is 4.70. The second-order valence-corrected chi connectivity index (χ2v) is 4.98. The van der Waals surface area contributed by atoms with Crippen LogP contribution in [0.15, 0.2) is 12.4 Å². The van der Waals surface area contributed by atoms with E-state index in [0.29, 0.717) is 25.3 Å². The Balaban J connectivity index is 2.45. The standard InChI is InChI=1S/C13H23N3O/c1-10(2)8-11(9-14)12(17)4-5-13-15-6-7-16(13)3/h6-7,10-11H,4-5,8-9,14H2,1-3H3. The third-order valence-electron chi connectivity index (χ3n) is 3.01. The van der Waals surface area contributed by atoms with E-state index in [2.05, 4.69) is 18.8 Å². The van der Waals surface area contributed by atoms with Crippen LogP contribution in [-0.2, 0) is 18.3 Å². The van der Waals surface area contributed by atoms with Crippen molar-refractivity contribution in [1.82, 2.24) is 9.55 Å². The SMILES string of the molecule is CC(C)CC(CN)C(=O)CCc1nccn1C. The summed E-state index contributed by atoms with van der Waals surface area (Å²) in [5.41, 5.74) is 5.66. The Hall–Kier alpha value is -1.16. The Labute approximate surface area is 103 Å². The van der Waals surface area contributed by atoms with Gasteiger partial charge in [0.1, 0.15) is 11.6 Å². The molecule has 17 heavy (non-hydrogen) atoms. The Morgan fingerprint density at radius 3 is 2.71 bits per heavy atom. The van der Waals surface area contributed by atoms with E-state index in [1.807, 2.05) is 17.8 Å². The first-order chi connectivity index (χ1) is 8.04. The van der Waals surface area contributed by atoms with Gasteiger partial charge in [-0.3, -0.25) is 4.79 Å². The van der Waals surface area contributed by atoms with Crippen LogP contribution in [0.4, 0.5) is 0 Å². The van der Waals surface area contributed by atoms with Gasteiger partial charge in [0, 0.05) is 44.7 Å². The van der Waals surface area contributed by atoms with Crippen LogP contribution in [0.25, 0.3) is 0 Å². The monoisotopic (exact) mass is 237 g/mol. The number of carbonyl (C=O) groups excluding carboxylic acids is 1. The van der Waals surface area contributed by atoms with E-state index < -0.39 is 0 Å². The number of ketones is 1. The van der Waals surface area contributed by atoms with Gasteiger partial charge in [0.2, 0.25) is 0 Å². The van der Waals surface area contributed by atoms with E-state index >= 15 is 0 Å². The third kappa shape index (κ3) is 4.30. The average molecular weight is 237 g/mol. The number of carbonyl (C=O) groups is 1. The number of imidazole rings is 1. The van der Waals surface area contributed by atoms with Gasteiger partial charge < -0.3 is 10.3 Å². The molecule has 1 unspecified atom stereocenters. The predicted molar refractivity (Wildman–Crippen MR) is 68.5 cm³/mol. The molecule has 0 saturated heterocycles. The van der Waals surface area contributed by atoms with Crippen LogP contribution in [0.2, 0.25) is 0 Å². The van der Waals surface area contributed by atoms with Gasteiger partial charge in [-0.1, -0.05) is 13.8 Å². The summed E-state index contributed by atoms with van der Waals surface area (Å²) in [6.07, 6.45) is 5.79. The van der Waals surface area contributed by atoms with Crippen LogP contribution < -0.4 is 5.73 Å². The second-order valence-electron chi connectivity index (χ2n) is 4.98. The summed E-state index contributed by atoms with van der Waals surface area (Å²) in [5.74, 6) is 1.75. The van der Waals surface area contributed by atoms with Gasteiger partial charge in [-0.15, -0.1) is 0 Å². The normalized spacial score (nSPS) is 13.0. The molecule has 0 amide bonds. The lowest BCUT2D eigenvalue weighted by molar-refractivity contribution is -0.123. The molecule has 1 aromatic heterocycles. The van der Waals surface area contributed by atoms with Crippen LogP contribution in [-0.4, -0.2) is 21.9 Å². The number of nitrogens with two attached hydrogens (primary N) is 1. The molecule has 2 N–H and O–H groups in total. The molecule has 0 bridgehead atoms. The highest BCUT2D eigenvalue weighted by Gasteiger charge is 2.18. The van der Waals surface area contributed by atoms with Crippen molar-refractivity contribution in [3.63, 3.8) is 0 Å². The van der Waals surface area contributed by atoms with Crippen LogP contribution in [0, 0.1) is 11.8 Å². The third-order valence-corrected chi connectivity index (χ3v) is 3.01. The number of hydrogen-bond donors (Lipinski definition) is 1. The second kappa shape index (κ2) is 6.55. The lowest BCUT2D eigenvalue weighted by atomic mass is 9.91. The molecular formula is C13H23N3O.